The molecule has 7 nitrogen and oxygen atoms in total. The van der Waals surface area contributed by atoms with E-state index >= 15 is 0 Å². The van der Waals surface area contributed by atoms with E-state index in [-0.39, 0.29) is 23.5 Å². The van der Waals surface area contributed by atoms with Gasteiger partial charge in [-0.15, -0.1) is 0 Å². The van der Waals surface area contributed by atoms with Gasteiger partial charge in [-0.3, -0.25) is 9.89 Å². The smallest absolute Gasteiger partial charge is 0.276 e. The number of nitrogens with zero attached hydrogens (tertiary/aromatic N) is 3. The molecule has 0 amide bonds. The van der Waals surface area contributed by atoms with Crippen molar-refractivity contribution in [3.05, 3.63) is 81.4 Å². The standard InChI is InChI=1S/C21H20N4O3S/c26-21-18-10-12-24(14-19(18)23-25(21)20-7-3-4-11-22-20)29(27,28)17-9-8-15-5-1-2-6-16(15)13-17/h2-4,6-9,11,13,23H,1,5,10,12,14H2. The van der Waals surface area contributed by atoms with E-state index in [9.17, 15) is 13.2 Å². The lowest BCUT2D eigenvalue weighted by Gasteiger charge is -2.26. The molecule has 1 aromatic carbocycles. The van der Waals surface area contributed by atoms with Crippen molar-refractivity contribution in [1.29, 1.82) is 0 Å². The van der Waals surface area contributed by atoms with Crippen molar-refractivity contribution in [3.8, 4) is 5.82 Å². The van der Waals surface area contributed by atoms with E-state index in [0.29, 0.717) is 23.5 Å². The fraction of sp³-hybridized carbons (Fsp3) is 0.238. The number of H-pyrrole nitrogens is 1. The van der Waals surface area contributed by atoms with Crippen LogP contribution in [0, 0.1) is 0 Å². The molecule has 0 fully saturated rings. The maximum atomic E-state index is 13.2. The zero-order chi connectivity index (χ0) is 20.0. The normalized spacial score (nSPS) is 16.4. The quantitative estimate of drug-likeness (QED) is 0.720. The molecule has 5 rings (SSSR count). The Balaban J connectivity index is 1.48. The second kappa shape index (κ2) is 6.82. The van der Waals surface area contributed by atoms with Gasteiger partial charge in [-0.25, -0.2) is 18.1 Å². The van der Waals surface area contributed by atoms with Crippen LogP contribution in [0.2, 0.25) is 0 Å². The van der Waals surface area contributed by atoms with Gasteiger partial charge in [0.1, 0.15) is 0 Å². The highest BCUT2D eigenvalue weighted by molar-refractivity contribution is 7.89. The Morgan fingerprint density at radius 2 is 2.00 bits per heavy atom. The second-order valence-corrected chi connectivity index (χ2v) is 9.23. The van der Waals surface area contributed by atoms with Gasteiger partial charge in [-0.2, -0.15) is 4.31 Å². The van der Waals surface area contributed by atoms with Crippen molar-refractivity contribution in [3.63, 3.8) is 0 Å². The summed E-state index contributed by atoms with van der Waals surface area (Å²) in [6.45, 7) is 0.414. The van der Waals surface area contributed by atoms with E-state index in [4.69, 9.17) is 0 Å². The molecule has 1 N–H and O–H groups in total. The van der Waals surface area contributed by atoms with Gasteiger partial charge in [0, 0.05) is 18.3 Å². The topological polar surface area (TPSA) is 88.1 Å². The van der Waals surface area contributed by atoms with Crippen LogP contribution in [0.1, 0.15) is 28.8 Å². The van der Waals surface area contributed by atoms with Crippen molar-refractivity contribution < 1.29 is 8.42 Å². The Morgan fingerprint density at radius 3 is 2.83 bits per heavy atom. The summed E-state index contributed by atoms with van der Waals surface area (Å²) in [5.41, 5.74) is 3.20. The Morgan fingerprint density at radius 1 is 1.10 bits per heavy atom. The predicted molar refractivity (Wildman–Crippen MR) is 109 cm³/mol. The summed E-state index contributed by atoms with van der Waals surface area (Å²) in [6.07, 6.45) is 7.95. The summed E-state index contributed by atoms with van der Waals surface area (Å²) in [4.78, 5) is 17.2. The molecule has 0 bridgehead atoms. The van der Waals surface area contributed by atoms with Gasteiger partial charge in [0.25, 0.3) is 5.56 Å². The number of hydrogen-bond acceptors (Lipinski definition) is 4. The Kier molecular flexibility index (Phi) is 4.25. The van der Waals surface area contributed by atoms with Crippen molar-refractivity contribution >= 4 is 16.1 Å². The summed E-state index contributed by atoms with van der Waals surface area (Å²) in [5, 5.41) is 3.05. The lowest BCUT2D eigenvalue weighted by Crippen LogP contribution is -2.37. The van der Waals surface area contributed by atoms with E-state index in [2.05, 4.69) is 16.2 Å². The third kappa shape index (κ3) is 3.04. The molecule has 29 heavy (non-hydrogen) atoms. The van der Waals surface area contributed by atoms with Gasteiger partial charge in [0.05, 0.1) is 17.1 Å². The minimum absolute atomic E-state index is 0.139. The van der Waals surface area contributed by atoms with Crippen molar-refractivity contribution in [2.24, 2.45) is 0 Å². The van der Waals surface area contributed by atoms with Crippen LogP contribution >= 0.6 is 0 Å². The third-order valence-electron chi connectivity index (χ3n) is 5.53. The molecule has 0 saturated carbocycles. The molecule has 0 atom stereocenters. The maximum absolute atomic E-state index is 13.2. The van der Waals surface area contributed by atoms with Crippen LogP contribution in [0.3, 0.4) is 0 Å². The van der Waals surface area contributed by atoms with Crippen LogP contribution in [0.4, 0.5) is 0 Å². The number of allylic oxidation sites excluding steroid dienone is 1. The first-order valence-corrected chi connectivity index (χ1v) is 11.0. The molecule has 3 heterocycles. The molecule has 3 aromatic rings. The van der Waals surface area contributed by atoms with Crippen molar-refractivity contribution in [2.45, 2.75) is 30.7 Å². The highest BCUT2D eigenvalue weighted by atomic mass is 32.2. The molecular formula is C21H20N4O3S. The number of aryl methyl sites for hydroxylation is 1. The molecular weight excluding hydrogens is 388 g/mol. The molecule has 1 aliphatic heterocycles. The van der Waals surface area contributed by atoms with E-state index in [1.807, 2.05) is 12.1 Å². The van der Waals surface area contributed by atoms with Crippen LogP contribution in [-0.2, 0) is 29.4 Å². The van der Waals surface area contributed by atoms with E-state index in [1.54, 1.807) is 36.5 Å². The lowest BCUT2D eigenvalue weighted by molar-refractivity contribution is 0.386. The Labute approximate surface area is 168 Å². The highest BCUT2D eigenvalue weighted by Gasteiger charge is 2.31. The zero-order valence-electron chi connectivity index (χ0n) is 15.7. The highest BCUT2D eigenvalue weighted by Crippen LogP contribution is 2.27. The van der Waals surface area contributed by atoms with Crippen LogP contribution in [0.25, 0.3) is 11.9 Å². The number of aromatic amines is 1. The van der Waals surface area contributed by atoms with Crippen LogP contribution in [-0.4, -0.2) is 34.0 Å². The summed E-state index contributed by atoms with van der Waals surface area (Å²) >= 11 is 0. The Bertz CT molecular complexity index is 1270. The average Bonchev–Trinajstić information content (AvgIpc) is 3.10. The molecule has 2 aromatic heterocycles. The molecule has 8 heteroatoms. The van der Waals surface area contributed by atoms with Gasteiger partial charge in [-0.05, 0) is 54.7 Å². The number of fused-ring (bicyclic) bond motifs is 2. The fourth-order valence-corrected chi connectivity index (χ4v) is 5.41. The van der Waals surface area contributed by atoms with E-state index in [0.717, 1.165) is 18.4 Å². The molecule has 2 aliphatic rings. The number of sulfonamides is 1. The lowest BCUT2D eigenvalue weighted by atomic mass is 9.98. The van der Waals surface area contributed by atoms with E-state index in [1.165, 1.54) is 14.6 Å². The molecule has 0 radical (unpaired) electrons. The number of pyridine rings is 1. The number of hydrogen-bond donors (Lipinski definition) is 1. The number of nitrogens with one attached hydrogen (secondary N) is 1. The molecule has 1 aliphatic carbocycles. The SMILES string of the molecule is O=c1c2c([nH]n1-c1ccccn1)CN(S(=O)(=O)c1ccc3c(c1)C=CCC3)CC2. The monoisotopic (exact) mass is 408 g/mol. The average molecular weight is 408 g/mol. The minimum atomic E-state index is -3.65. The summed E-state index contributed by atoms with van der Waals surface area (Å²) < 4.78 is 29.3. The Hall–Kier alpha value is -2.97. The second-order valence-electron chi connectivity index (χ2n) is 7.29. The largest absolute Gasteiger partial charge is 0.292 e. The predicted octanol–water partition coefficient (Wildman–Crippen LogP) is 2.27. The van der Waals surface area contributed by atoms with Gasteiger partial charge >= 0.3 is 0 Å². The first-order chi connectivity index (χ1) is 14.0. The zero-order valence-corrected chi connectivity index (χ0v) is 16.5. The van der Waals surface area contributed by atoms with Gasteiger partial charge in [-0.1, -0.05) is 24.3 Å². The van der Waals surface area contributed by atoms with Crippen LogP contribution < -0.4 is 5.56 Å². The molecule has 148 valence electrons. The van der Waals surface area contributed by atoms with Crippen molar-refractivity contribution in [1.82, 2.24) is 19.1 Å². The summed E-state index contributed by atoms with van der Waals surface area (Å²) in [6, 6.07) is 10.6. The molecule has 0 unspecified atom stereocenters. The molecule has 0 spiro atoms. The fourth-order valence-electron chi connectivity index (χ4n) is 3.96. The van der Waals surface area contributed by atoms with Crippen molar-refractivity contribution in [2.75, 3.05) is 6.54 Å². The maximum Gasteiger partial charge on any atom is 0.276 e. The van der Waals surface area contributed by atoms with Crippen LogP contribution in [0.5, 0.6) is 0 Å². The van der Waals surface area contributed by atoms with Gasteiger partial charge in [0.2, 0.25) is 10.0 Å². The van der Waals surface area contributed by atoms with Crippen LogP contribution in [0.15, 0.2) is 58.4 Å². The number of aromatic nitrogens is 3. The van der Waals surface area contributed by atoms with Gasteiger partial charge in [0.15, 0.2) is 5.82 Å². The first-order valence-electron chi connectivity index (χ1n) is 9.58. The summed E-state index contributed by atoms with van der Waals surface area (Å²) in [5.74, 6) is 0.489. The minimum Gasteiger partial charge on any atom is -0.292 e. The van der Waals surface area contributed by atoms with E-state index < -0.39 is 10.0 Å². The number of benzene rings is 1. The number of rotatable bonds is 3. The molecule has 0 saturated heterocycles. The summed E-state index contributed by atoms with van der Waals surface area (Å²) in [7, 11) is -3.65. The first kappa shape index (κ1) is 18.1. The third-order valence-corrected chi connectivity index (χ3v) is 7.37. The van der Waals surface area contributed by atoms with Gasteiger partial charge < -0.3 is 0 Å².